The van der Waals surface area contributed by atoms with Crippen LogP contribution in [0.15, 0.2) is 48.7 Å². The third-order valence-corrected chi connectivity index (χ3v) is 6.33. The molecule has 2 aliphatic rings. The number of amides is 1. The summed E-state index contributed by atoms with van der Waals surface area (Å²) in [5.74, 6) is -0.475. The first-order valence-electron chi connectivity index (χ1n) is 11.0. The minimum atomic E-state index is -4.51. The van der Waals surface area contributed by atoms with Crippen molar-refractivity contribution in [1.29, 1.82) is 0 Å². The number of nitrogens with zero attached hydrogens (tertiary/aromatic N) is 3. The number of alkyl halides is 3. The zero-order valence-electron chi connectivity index (χ0n) is 18.1. The van der Waals surface area contributed by atoms with Crippen molar-refractivity contribution in [2.75, 3.05) is 32.7 Å². The first kappa shape index (κ1) is 22.7. The molecule has 2 saturated heterocycles. The van der Waals surface area contributed by atoms with Crippen LogP contribution < -0.4 is 0 Å². The van der Waals surface area contributed by atoms with Crippen molar-refractivity contribution in [1.82, 2.24) is 14.8 Å². The summed E-state index contributed by atoms with van der Waals surface area (Å²) in [5, 5.41) is 0. The molecule has 2 aromatic rings. The Bertz CT molecular complexity index is 928. The lowest BCUT2D eigenvalue weighted by molar-refractivity contribution is -0.161. The lowest BCUT2D eigenvalue weighted by Gasteiger charge is -2.49. The Morgan fingerprint density at radius 3 is 2.59 bits per heavy atom. The van der Waals surface area contributed by atoms with Gasteiger partial charge in [-0.15, -0.1) is 0 Å². The Morgan fingerprint density at radius 2 is 1.91 bits per heavy atom. The highest BCUT2D eigenvalue weighted by molar-refractivity contribution is 5.92. The molecule has 32 heavy (non-hydrogen) atoms. The van der Waals surface area contributed by atoms with Gasteiger partial charge in [-0.05, 0) is 43.9 Å². The smallest absolute Gasteiger partial charge is 0.368 e. The lowest BCUT2D eigenvalue weighted by atomic mass is 9.88. The predicted octanol–water partition coefficient (Wildman–Crippen LogP) is 4.04. The number of carbonyl (C=O) groups excluding carboxylic acids is 1. The van der Waals surface area contributed by atoms with Crippen LogP contribution in [0.3, 0.4) is 0 Å². The minimum Gasteiger partial charge on any atom is -0.368 e. The SMILES string of the molecule is CC1CN(C(=O)c2cc(C(F)(F)F)ccn2)CC2(CCN(CCc3ccccc3)CC2)O1. The van der Waals surface area contributed by atoms with Gasteiger partial charge >= 0.3 is 6.18 Å². The van der Waals surface area contributed by atoms with Crippen molar-refractivity contribution >= 4 is 5.91 Å². The fraction of sp³-hybridized carbons (Fsp3) is 0.500. The summed E-state index contributed by atoms with van der Waals surface area (Å²) in [4.78, 5) is 20.9. The van der Waals surface area contributed by atoms with Gasteiger partial charge in [-0.1, -0.05) is 30.3 Å². The zero-order chi connectivity index (χ0) is 22.8. The number of morpholine rings is 1. The van der Waals surface area contributed by atoms with Gasteiger partial charge in [0.05, 0.1) is 23.8 Å². The summed E-state index contributed by atoms with van der Waals surface area (Å²) >= 11 is 0. The number of hydrogen-bond acceptors (Lipinski definition) is 4. The second kappa shape index (κ2) is 9.19. The van der Waals surface area contributed by atoms with E-state index >= 15 is 0 Å². The van der Waals surface area contributed by atoms with Gasteiger partial charge in [0, 0.05) is 32.4 Å². The van der Waals surface area contributed by atoms with Gasteiger partial charge in [0.2, 0.25) is 0 Å². The van der Waals surface area contributed by atoms with Gasteiger partial charge in [-0.2, -0.15) is 13.2 Å². The van der Waals surface area contributed by atoms with Gasteiger partial charge in [-0.3, -0.25) is 9.78 Å². The van der Waals surface area contributed by atoms with Crippen molar-refractivity contribution in [3.8, 4) is 0 Å². The number of benzene rings is 1. The first-order valence-corrected chi connectivity index (χ1v) is 11.0. The highest BCUT2D eigenvalue weighted by Gasteiger charge is 2.43. The van der Waals surface area contributed by atoms with Crippen LogP contribution in [0.5, 0.6) is 0 Å². The van der Waals surface area contributed by atoms with Crippen molar-refractivity contribution in [2.45, 2.75) is 44.1 Å². The van der Waals surface area contributed by atoms with E-state index in [2.05, 4.69) is 22.0 Å². The molecule has 0 N–H and O–H groups in total. The number of hydrogen-bond donors (Lipinski definition) is 0. The van der Waals surface area contributed by atoms with Crippen LogP contribution in [0, 0.1) is 0 Å². The van der Waals surface area contributed by atoms with Crippen molar-refractivity contribution in [2.24, 2.45) is 0 Å². The summed E-state index contributed by atoms with van der Waals surface area (Å²) in [5.41, 5.74) is -0.193. The minimum absolute atomic E-state index is 0.177. The monoisotopic (exact) mass is 447 g/mol. The third kappa shape index (κ3) is 5.30. The van der Waals surface area contributed by atoms with E-state index in [4.69, 9.17) is 4.74 Å². The van der Waals surface area contributed by atoms with E-state index in [0.29, 0.717) is 13.1 Å². The molecule has 0 radical (unpaired) electrons. The van der Waals surface area contributed by atoms with Crippen molar-refractivity contribution < 1.29 is 22.7 Å². The van der Waals surface area contributed by atoms with Gasteiger partial charge in [0.15, 0.2) is 0 Å². The highest BCUT2D eigenvalue weighted by Crippen LogP contribution is 2.34. The van der Waals surface area contributed by atoms with Crippen LogP contribution in [0.25, 0.3) is 0 Å². The molecule has 1 spiro atoms. The quantitative estimate of drug-likeness (QED) is 0.710. The van der Waals surface area contributed by atoms with Gasteiger partial charge < -0.3 is 14.5 Å². The lowest BCUT2D eigenvalue weighted by Crippen LogP contribution is -2.60. The molecule has 2 aliphatic heterocycles. The van der Waals surface area contributed by atoms with Gasteiger partial charge in [0.1, 0.15) is 5.69 Å². The van der Waals surface area contributed by atoms with Crippen LogP contribution in [-0.4, -0.2) is 65.1 Å². The van der Waals surface area contributed by atoms with Crippen LogP contribution >= 0.6 is 0 Å². The van der Waals surface area contributed by atoms with Gasteiger partial charge in [-0.25, -0.2) is 0 Å². The molecular formula is C24H28F3N3O2. The number of carbonyl (C=O) groups is 1. The average Bonchev–Trinajstić information content (AvgIpc) is 2.78. The maximum atomic E-state index is 13.1. The number of rotatable bonds is 4. The molecule has 1 atom stereocenters. The van der Waals surface area contributed by atoms with E-state index in [1.807, 2.05) is 25.1 Å². The highest BCUT2D eigenvalue weighted by atomic mass is 19.4. The van der Waals surface area contributed by atoms with Crippen LogP contribution in [0.1, 0.15) is 41.4 Å². The predicted molar refractivity (Wildman–Crippen MR) is 114 cm³/mol. The van der Waals surface area contributed by atoms with Gasteiger partial charge in [0.25, 0.3) is 5.91 Å². The zero-order valence-corrected chi connectivity index (χ0v) is 18.1. The van der Waals surface area contributed by atoms with Crippen molar-refractivity contribution in [3.63, 3.8) is 0 Å². The number of ether oxygens (including phenoxy) is 1. The number of piperidine rings is 1. The maximum absolute atomic E-state index is 13.1. The Morgan fingerprint density at radius 1 is 1.19 bits per heavy atom. The Kier molecular flexibility index (Phi) is 6.53. The molecule has 8 heteroatoms. The van der Waals surface area contributed by atoms with E-state index in [9.17, 15) is 18.0 Å². The second-order valence-corrected chi connectivity index (χ2v) is 8.80. The largest absolute Gasteiger partial charge is 0.416 e. The molecule has 0 saturated carbocycles. The average molecular weight is 448 g/mol. The molecule has 172 valence electrons. The summed E-state index contributed by atoms with van der Waals surface area (Å²) < 4.78 is 45.5. The molecule has 3 heterocycles. The van der Waals surface area contributed by atoms with E-state index < -0.39 is 23.2 Å². The summed E-state index contributed by atoms with van der Waals surface area (Å²) in [6.07, 6.45) is -1.10. The van der Waals surface area contributed by atoms with E-state index in [-0.39, 0.29) is 11.8 Å². The number of pyridine rings is 1. The topological polar surface area (TPSA) is 45.7 Å². The Balaban J connectivity index is 1.39. The molecule has 5 nitrogen and oxygen atoms in total. The Labute approximate surface area is 186 Å². The van der Waals surface area contributed by atoms with Crippen LogP contribution in [-0.2, 0) is 17.3 Å². The molecule has 2 fully saturated rings. The van der Waals surface area contributed by atoms with Crippen LogP contribution in [0.4, 0.5) is 13.2 Å². The molecule has 0 aliphatic carbocycles. The summed E-state index contributed by atoms with van der Waals surface area (Å²) in [6, 6.07) is 12.1. The molecule has 1 aromatic heterocycles. The maximum Gasteiger partial charge on any atom is 0.416 e. The fourth-order valence-electron chi connectivity index (χ4n) is 4.66. The number of halogens is 3. The molecular weight excluding hydrogens is 419 g/mol. The van der Waals surface area contributed by atoms with Crippen molar-refractivity contribution in [3.05, 3.63) is 65.5 Å². The number of aromatic nitrogens is 1. The normalized spacial score (nSPS) is 21.6. The molecule has 1 unspecified atom stereocenters. The standard InChI is InChI=1S/C24H28F3N3O2/c1-18-16-30(22(31)21-15-20(7-11-28-21)24(25,26)27)17-23(32-18)9-13-29(14-10-23)12-8-19-5-3-2-4-6-19/h2-7,11,15,18H,8-10,12-14,16-17H2,1H3. The molecule has 4 rings (SSSR count). The van der Waals surface area contributed by atoms with Crippen LogP contribution in [0.2, 0.25) is 0 Å². The first-order chi connectivity index (χ1) is 15.2. The van der Waals surface area contributed by atoms with E-state index in [0.717, 1.165) is 57.2 Å². The molecule has 1 aromatic carbocycles. The summed E-state index contributed by atoms with van der Waals surface area (Å²) in [6.45, 7) is 5.32. The third-order valence-electron chi connectivity index (χ3n) is 6.33. The number of likely N-dealkylation sites (tertiary alicyclic amines) is 1. The summed E-state index contributed by atoms with van der Waals surface area (Å²) in [7, 11) is 0. The Hall–Kier alpha value is -2.45. The fourth-order valence-corrected chi connectivity index (χ4v) is 4.66. The second-order valence-electron chi connectivity index (χ2n) is 8.80. The van der Waals surface area contributed by atoms with E-state index in [1.165, 1.54) is 5.56 Å². The molecule has 1 amide bonds. The van der Waals surface area contributed by atoms with E-state index in [1.54, 1.807) is 4.90 Å². The molecule has 0 bridgehead atoms.